The van der Waals surface area contributed by atoms with Crippen LogP contribution in [0.1, 0.15) is 64.3 Å². The van der Waals surface area contributed by atoms with E-state index in [1.807, 2.05) is 6.20 Å². The summed E-state index contributed by atoms with van der Waals surface area (Å²) in [5.74, 6) is 0. The molecule has 0 saturated heterocycles. The number of rotatable bonds is 6. The lowest BCUT2D eigenvalue weighted by molar-refractivity contribution is -0.0151. The fraction of sp³-hybridized carbons (Fsp3) is 0.688. The lowest BCUT2D eigenvalue weighted by Gasteiger charge is -2.20. The van der Waals surface area contributed by atoms with Crippen LogP contribution in [0.3, 0.4) is 0 Å². The Morgan fingerprint density at radius 2 is 1.78 bits per heavy atom. The second-order valence-electron chi connectivity index (χ2n) is 5.85. The van der Waals surface area contributed by atoms with E-state index in [0.29, 0.717) is 6.61 Å². The van der Waals surface area contributed by atoms with Gasteiger partial charge < -0.3 is 4.74 Å². The van der Waals surface area contributed by atoms with Crippen molar-refractivity contribution in [3.63, 3.8) is 0 Å². The number of pyridine rings is 1. The van der Waals surface area contributed by atoms with Gasteiger partial charge in [0.1, 0.15) is 0 Å². The van der Waals surface area contributed by atoms with E-state index in [9.17, 15) is 0 Å². The molecule has 0 aromatic carbocycles. The zero-order valence-corrected chi connectivity index (χ0v) is 12.5. The van der Waals surface area contributed by atoms with Crippen LogP contribution in [0.2, 0.25) is 0 Å². The molecule has 0 saturated carbocycles. The highest BCUT2D eigenvalue weighted by Gasteiger charge is 2.11. The first-order chi connectivity index (χ1) is 8.46. The third-order valence-electron chi connectivity index (χ3n) is 2.79. The summed E-state index contributed by atoms with van der Waals surface area (Å²) in [5, 5.41) is 0. The maximum Gasteiger partial charge on any atom is 0.0739 e. The van der Waals surface area contributed by atoms with Crippen LogP contribution in [0.25, 0.3) is 0 Å². The molecule has 1 aromatic rings. The van der Waals surface area contributed by atoms with E-state index in [0.717, 1.165) is 19.3 Å². The quantitative estimate of drug-likeness (QED) is 0.750. The van der Waals surface area contributed by atoms with E-state index in [1.54, 1.807) is 0 Å². The molecule has 0 aliphatic carbocycles. The van der Waals surface area contributed by atoms with Gasteiger partial charge in [0.05, 0.1) is 12.2 Å². The number of hydrogen-bond acceptors (Lipinski definition) is 2. The van der Waals surface area contributed by atoms with Gasteiger partial charge in [0, 0.05) is 11.9 Å². The number of nitrogens with zero attached hydrogens (tertiary/aromatic N) is 1. The number of ether oxygens (including phenoxy) is 1. The Labute approximate surface area is 112 Å². The molecule has 2 heteroatoms. The molecule has 2 nitrogen and oxygen atoms in total. The molecule has 0 aliphatic heterocycles. The number of aromatic nitrogens is 1. The fourth-order valence-corrected chi connectivity index (χ4v) is 1.91. The Bertz CT molecular complexity index is 366. The van der Waals surface area contributed by atoms with Crippen LogP contribution in [-0.2, 0) is 24.2 Å². The van der Waals surface area contributed by atoms with Crippen molar-refractivity contribution in [3.8, 4) is 0 Å². The predicted molar refractivity (Wildman–Crippen MR) is 76.8 cm³/mol. The van der Waals surface area contributed by atoms with Crippen LogP contribution in [0.4, 0.5) is 0 Å². The van der Waals surface area contributed by atoms with Crippen molar-refractivity contribution in [3.05, 3.63) is 29.1 Å². The van der Waals surface area contributed by atoms with Gasteiger partial charge in [0.25, 0.3) is 0 Å². The summed E-state index contributed by atoms with van der Waals surface area (Å²) >= 11 is 0. The SMILES string of the molecule is CCCc1cc(COC(C)(C)C)cnc1CCC. The lowest BCUT2D eigenvalue weighted by Crippen LogP contribution is -2.18. The van der Waals surface area contributed by atoms with Crippen LogP contribution in [0, 0.1) is 0 Å². The Hall–Kier alpha value is -0.890. The molecule has 102 valence electrons. The van der Waals surface area contributed by atoms with Gasteiger partial charge >= 0.3 is 0 Å². The Kier molecular flexibility index (Phi) is 5.80. The topological polar surface area (TPSA) is 22.1 Å². The highest BCUT2D eigenvalue weighted by molar-refractivity contribution is 5.25. The van der Waals surface area contributed by atoms with Crippen LogP contribution in [0.15, 0.2) is 12.3 Å². The Balaban J connectivity index is 2.79. The smallest absolute Gasteiger partial charge is 0.0739 e. The monoisotopic (exact) mass is 249 g/mol. The molecule has 0 fully saturated rings. The average molecular weight is 249 g/mol. The molecule has 0 radical (unpaired) electrons. The van der Waals surface area contributed by atoms with E-state index in [4.69, 9.17) is 4.74 Å². The molecule has 0 unspecified atom stereocenters. The molecular weight excluding hydrogens is 222 g/mol. The first-order valence-corrected chi connectivity index (χ1v) is 7.07. The standard InChI is InChI=1S/C16H27NO/c1-6-8-14-10-13(12-18-16(3,4)5)11-17-15(14)9-7-2/h10-11H,6-9,12H2,1-5H3. The number of hydrogen-bond donors (Lipinski definition) is 0. The van der Waals surface area contributed by atoms with E-state index < -0.39 is 0 Å². The van der Waals surface area contributed by atoms with Gasteiger partial charge in [0.15, 0.2) is 0 Å². The van der Waals surface area contributed by atoms with E-state index in [2.05, 4.69) is 45.7 Å². The minimum atomic E-state index is -0.0903. The van der Waals surface area contributed by atoms with E-state index in [1.165, 1.54) is 23.2 Å². The summed E-state index contributed by atoms with van der Waals surface area (Å²) in [6, 6.07) is 2.27. The molecule has 0 bridgehead atoms. The van der Waals surface area contributed by atoms with Crippen LogP contribution >= 0.6 is 0 Å². The van der Waals surface area contributed by atoms with Crippen molar-refractivity contribution in [2.75, 3.05) is 0 Å². The molecule has 0 amide bonds. The summed E-state index contributed by atoms with van der Waals surface area (Å²) in [6.45, 7) is 11.3. The zero-order valence-electron chi connectivity index (χ0n) is 12.5. The molecule has 1 heterocycles. The van der Waals surface area contributed by atoms with Gasteiger partial charge in [-0.15, -0.1) is 0 Å². The minimum Gasteiger partial charge on any atom is -0.371 e. The first kappa shape index (κ1) is 15.2. The van der Waals surface area contributed by atoms with E-state index in [-0.39, 0.29) is 5.60 Å². The summed E-state index contributed by atoms with van der Waals surface area (Å²) in [5.41, 5.74) is 3.76. The molecule has 1 aromatic heterocycles. The van der Waals surface area contributed by atoms with Gasteiger partial charge in [-0.3, -0.25) is 4.98 Å². The largest absolute Gasteiger partial charge is 0.371 e. The Morgan fingerprint density at radius 3 is 2.33 bits per heavy atom. The summed E-state index contributed by atoms with van der Waals surface area (Å²) in [7, 11) is 0. The summed E-state index contributed by atoms with van der Waals surface area (Å²) in [4.78, 5) is 4.61. The maximum absolute atomic E-state index is 5.81. The van der Waals surface area contributed by atoms with Crippen LogP contribution < -0.4 is 0 Å². The maximum atomic E-state index is 5.81. The highest BCUT2D eigenvalue weighted by atomic mass is 16.5. The van der Waals surface area contributed by atoms with Crippen molar-refractivity contribution in [2.45, 2.75) is 72.5 Å². The summed E-state index contributed by atoms with van der Waals surface area (Å²) in [6.07, 6.45) is 6.49. The molecule has 18 heavy (non-hydrogen) atoms. The molecule has 0 atom stereocenters. The van der Waals surface area contributed by atoms with Gasteiger partial charge in [-0.25, -0.2) is 0 Å². The van der Waals surface area contributed by atoms with Crippen molar-refractivity contribution >= 4 is 0 Å². The van der Waals surface area contributed by atoms with Gasteiger partial charge in [0.2, 0.25) is 0 Å². The lowest BCUT2D eigenvalue weighted by atomic mass is 10.0. The second-order valence-corrected chi connectivity index (χ2v) is 5.85. The summed E-state index contributed by atoms with van der Waals surface area (Å²) < 4.78 is 5.81. The minimum absolute atomic E-state index is 0.0903. The molecular formula is C16H27NO. The zero-order chi connectivity index (χ0) is 13.6. The fourth-order valence-electron chi connectivity index (χ4n) is 1.91. The molecule has 1 rings (SSSR count). The van der Waals surface area contributed by atoms with Gasteiger partial charge in [-0.1, -0.05) is 32.8 Å². The van der Waals surface area contributed by atoms with Crippen LogP contribution in [-0.4, -0.2) is 10.6 Å². The van der Waals surface area contributed by atoms with Crippen LogP contribution in [0.5, 0.6) is 0 Å². The number of aryl methyl sites for hydroxylation is 2. The van der Waals surface area contributed by atoms with E-state index >= 15 is 0 Å². The third-order valence-corrected chi connectivity index (χ3v) is 2.79. The third kappa shape index (κ3) is 5.18. The van der Waals surface area contributed by atoms with Gasteiger partial charge in [-0.2, -0.15) is 0 Å². The van der Waals surface area contributed by atoms with Crippen molar-refractivity contribution in [2.24, 2.45) is 0 Å². The molecule has 0 N–H and O–H groups in total. The molecule has 0 aliphatic rings. The predicted octanol–water partition coefficient (Wildman–Crippen LogP) is 4.30. The molecule has 0 spiro atoms. The normalized spacial score (nSPS) is 11.8. The second kappa shape index (κ2) is 6.89. The van der Waals surface area contributed by atoms with Crippen molar-refractivity contribution in [1.82, 2.24) is 4.98 Å². The first-order valence-electron chi connectivity index (χ1n) is 7.07. The Morgan fingerprint density at radius 1 is 1.11 bits per heavy atom. The van der Waals surface area contributed by atoms with Gasteiger partial charge in [-0.05, 0) is 44.7 Å². The van der Waals surface area contributed by atoms with Crippen molar-refractivity contribution in [1.29, 1.82) is 0 Å². The highest BCUT2D eigenvalue weighted by Crippen LogP contribution is 2.16. The average Bonchev–Trinajstić information content (AvgIpc) is 2.29. The van der Waals surface area contributed by atoms with Crippen molar-refractivity contribution < 1.29 is 4.74 Å².